The van der Waals surface area contributed by atoms with Gasteiger partial charge in [-0.2, -0.15) is 0 Å². The number of hydrogen-bond donors (Lipinski definition) is 1. The van der Waals surface area contributed by atoms with Crippen LogP contribution >= 0.6 is 15.9 Å². The molecule has 0 saturated carbocycles. The molecule has 1 atom stereocenters. The molecule has 0 fully saturated rings. The van der Waals surface area contributed by atoms with E-state index < -0.39 is 6.10 Å². The molecule has 76 valence electrons. The number of rotatable bonds is 1. The number of ether oxygens (including phenoxy) is 2. The van der Waals surface area contributed by atoms with Crippen LogP contribution in [0.4, 0.5) is 0 Å². The minimum atomic E-state index is -0.553. The van der Waals surface area contributed by atoms with Crippen molar-refractivity contribution in [1.82, 2.24) is 0 Å². The van der Waals surface area contributed by atoms with Crippen molar-refractivity contribution in [2.75, 3.05) is 6.79 Å². The largest absolute Gasteiger partial charge is 0.454 e. The Morgan fingerprint density at radius 1 is 1.50 bits per heavy atom. The summed E-state index contributed by atoms with van der Waals surface area (Å²) in [7, 11) is 0. The van der Waals surface area contributed by atoms with Crippen molar-refractivity contribution in [3.63, 3.8) is 0 Å². The average molecular weight is 259 g/mol. The minimum absolute atomic E-state index is 0.227. The first-order chi connectivity index (χ1) is 6.61. The summed E-state index contributed by atoms with van der Waals surface area (Å²) in [4.78, 5) is 0. The van der Waals surface area contributed by atoms with Crippen molar-refractivity contribution in [2.45, 2.75) is 20.0 Å². The molecular formula is C10H11BrO3. The van der Waals surface area contributed by atoms with Gasteiger partial charge >= 0.3 is 0 Å². The highest BCUT2D eigenvalue weighted by Gasteiger charge is 2.24. The molecule has 1 heterocycles. The van der Waals surface area contributed by atoms with Gasteiger partial charge in [-0.3, -0.25) is 0 Å². The van der Waals surface area contributed by atoms with Gasteiger partial charge in [0.15, 0.2) is 11.5 Å². The van der Waals surface area contributed by atoms with Crippen LogP contribution in [0.3, 0.4) is 0 Å². The molecule has 1 unspecified atom stereocenters. The van der Waals surface area contributed by atoms with Crippen LogP contribution in [0, 0.1) is 6.92 Å². The van der Waals surface area contributed by atoms with Crippen LogP contribution in [0.2, 0.25) is 0 Å². The maximum Gasteiger partial charge on any atom is 0.231 e. The molecule has 0 saturated heterocycles. The Morgan fingerprint density at radius 2 is 2.21 bits per heavy atom. The third-order valence-corrected chi connectivity index (χ3v) is 3.15. The fraction of sp³-hybridized carbons (Fsp3) is 0.400. The summed E-state index contributed by atoms with van der Waals surface area (Å²) in [5.74, 6) is 1.36. The molecule has 1 N–H and O–H groups in total. The number of fused-ring (bicyclic) bond motifs is 1. The molecule has 14 heavy (non-hydrogen) atoms. The predicted molar refractivity (Wildman–Crippen MR) is 55.6 cm³/mol. The first-order valence-corrected chi connectivity index (χ1v) is 5.17. The number of aliphatic hydroxyl groups excluding tert-OH is 1. The van der Waals surface area contributed by atoms with Crippen molar-refractivity contribution < 1.29 is 14.6 Å². The highest BCUT2D eigenvalue weighted by molar-refractivity contribution is 9.10. The summed E-state index contributed by atoms with van der Waals surface area (Å²) in [6.45, 7) is 3.88. The summed E-state index contributed by atoms with van der Waals surface area (Å²) in [5, 5.41) is 9.64. The van der Waals surface area contributed by atoms with E-state index >= 15 is 0 Å². The lowest BCUT2D eigenvalue weighted by molar-refractivity contribution is 0.164. The lowest BCUT2D eigenvalue weighted by Crippen LogP contribution is -1.99. The van der Waals surface area contributed by atoms with E-state index in [4.69, 9.17) is 9.47 Å². The van der Waals surface area contributed by atoms with Gasteiger partial charge in [0, 0.05) is 10.0 Å². The third kappa shape index (κ3) is 1.38. The van der Waals surface area contributed by atoms with Crippen LogP contribution in [-0.2, 0) is 0 Å². The van der Waals surface area contributed by atoms with Crippen molar-refractivity contribution in [3.05, 3.63) is 21.7 Å². The summed E-state index contributed by atoms with van der Waals surface area (Å²) >= 11 is 3.42. The minimum Gasteiger partial charge on any atom is -0.454 e. The van der Waals surface area contributed by atoms with Gasteiger partial charge in [0.2, 0.25) is 6.79 Å². The molecule has 0 spiro atoms. The van der Waals surface area contributed by atoms with Crippen molar-refractivity contribution >= 4 is 15.9 Å². The van der Waals surface area contributed by atoms with E-state index in [1.165, 1.54) is 0 Å². The van der Waals surface area contributed by atoms with Crippen LogP contribution in [-0.4, -0.2) is 11.9 Å². The first-order valence-electron chi connectivity index (χ1n) is 4.38. The van der Waals surface area contributed by atoms with Crippen LogP contribution in [0.1, 0.15) is 24.2 Å². The van der Waals surface area contributed by atoms with E-state index in [9.17, 15) is 5.11 Å². The van der Waals surface area contributed by atoms with Gasteiger partial charge in [-0.05, 0) is 25.5 Å². The summed E-state index contributed by atoms with van der Waals surface area (Å²) in [6, 6.07) is 1.86. The van der Waals surface area contributed by atoms with E-state index in [-0.39, 0.29) is 6.79 Å². The quantitative estimate of drug-likeness (QED) is 0.842. The van der Waals surface area contributed by atoms with Gasteiger partial charge < -0.3 is 14.6 Å². The third-order valence-electron chi connectivity index (χ3n) is 2.32. The topological polar surface area (TPSA) is 38.7 Å². The van der Waals surface area contributed by atoms with E-state index in [1.807, 2.05) is 13.0 Å². The smallest absolute Gasteiger partial charge is 0.231 e. The van der Waals surface area contributed by atoms with Crippen LogP contribution < -0.4 is 9.47 Å². The fourth-order valence-corrected chi connectivity index (χ4v) is 2.05. The maximum atomic E-state index is 9.64. The second-order valence-corrected chi connectivity index (χ2v) is 4.16. The molecule has 0 radical (unpaired) electrons. The van der Waals surface area contributed by atoms with Gasteiger partial charge in [-0.25, -0.2) is 0 Å². The van der Waals surface area contributed by atoms with E-state index in [0.29, 0.717) is 11.5 Å². The molecule has 1 aliphatic heterocycles. The summed E-state index contributed by atoms with van der Waals surface area (Å²) < 4.78 is 11.5. The lowest BCUT2D eigenvalue weighted by atomic mass is 10.0. The normalized spacial score (nSPS) is 15.7. The average Bonchev–Trinajstić information content (AvgIpc) is 2.52. The number of aliphatic hydroxyl groups is 1. The molecule has 0 amide bonds. The Labute approximate surface area is 90.8 Å². The zero-order chi connectivity index (χ0) is 10.3. The molecule has 1 aromatic carbocycles. The second-order valence-electron chi connectivity index (χ2n) is 3.31. The van der Waals surface area contributed by atoms with Gasteiger partial charge in [0.05, 0.1) is 6.10 Å². The van der Waals surface area contributed by atoms with Gasteiger partial charge in [-0.15, -0.1) is 0 Å². The number of benzene rings is 1. The highest BCUT2D eigenvalue weighted by atomic mass is 79.9. The van der Waals surface area contributed by atoms with Crippen LogP contribution in [0.15, 0.2) is 10.5 Å². The monoisotopic (exact) mass is 258 g/mol. The molecule has 0 bridgehead atoms. The molecule has 2 rings (SSSR count). The molecule has 3 nitrogen and oxygen atoms in total. The number of hydrogen-bond acceptors (Lipinski definition) is 3. The fourth-order valence-electron chi connectivity index (χ4n) is 1.63. The van der Waals surface area contributed by atoms with Gasteiger partial charge in [0.1, 0.15) is 0 Å². The second kappa shape index (κ2) is 3.44. The van der Waals surface area contributed by atoms with Gasteiger partial charge in [-0.1, -0.05) is 15.9 Å². The zero-order valence-electron chi connectivity index (χ0n) is 8.00. The van der Waals surface area contributed by atoms with Crippen molar-refractivity contribution in [3.8, 4) is 11.5 Å². The summed E-state index contributed by atoms with van der Waals surface area (Å²) in [6.07, 6.45) is -0.553. The highest BCUT2D eigenvalue weighted by Crippen LogP contribution is 2.43. The number of halogens is 1. The Kier molecular flexibility index (Phi) is 2.41. The zero-order valence-corrected chi connectivity index (χ0v) is 9.59. The Bertz CT molecular complexity index is 374. The molecule has 4 heteroatoms. The molecule has 0 aliphatic carbocycles. The SMILES string of the molecule is Cc1c(Br)cc2c(c1C(C)O)OCO2. The van der Waals surface area contributed by atoms with Crippen molar-refractivity contribution in [1.29, 1.82) is 0 Å². The van der Waals surface area contributed by atoms with E-state index in [1.54, 1.807) is 6.92 Å². The summed E-state index contributed by atoms with van der Waals surface area (Å²) in [5.41, 5.74) is 1.79. The molecule has 0 aromatic heterocycles. The Morgan fingerprint density at radius 3 is 2.86 bits per heavy atom. The van der Waals surface area contributed by atoms with E-state index in [0.717, 1.165) is 15.6 Å². The lowest BCUT2D eigenvalue weighted by Gasteiger charge is -2.13. The van der Waals surface area contributed by atoms with Crippen molar-refractivity contribution in [2.24, 2.45) is 0 Å². The standard InChI is InChI=1S/C10H11BrO3/c1-5-7(11)3-8-10(14-4-13-8)9(5)6(2)12/h3,6,12H,4H2,1-2H3. The Balaban J connectivity index is 2.66. The van der Waals surface area contributed by atoms with Crippen LogP contribution in [0.5, 0.6) is 11.5 Å². The van der Waals surface area contributed by atoms with E-state index in [2.05, 4.69) is 15.9 Å². The van der Waals surface area contributed by atoms with Gasteiger partial charge in [0.25, 0.3) is 0 Å². The first kappa shape index (κ1) is 9.80. The van der Waals surface area contributed by atoms with Crippen LogP contribution in [0.25, 0.3) is 0 Å². The molecule has 1 aromatic rings. The maximum absolute atomic E-state index is 9.64. The molecule has 1 aliphatic rings. The molecular weight excluding hydrogens is 248 g/mol. The Hall–Kier alpha value is -0.740. The predicted octanol–water partition coefficient (Wildman–Crippen LogP) is 2.54.